The van der Waals surface area contributed by atoms with Crippen LogP contribution in [-0.2, 0) is 4.79 Å². The van der Waals surface area contributed by atoms with Crippen LogP contribution in [0.3, 0.4) is 0 Å². The molecule has 0 bridgehead atoms. The lowest BCUT2D eigenvalue weighted by Crippen LogP contribution is -2.37. The van der Waals surface area contributed by atoms with Crippen molar-refractivity contribution in [2.75, 3.05) is 0 Å². The van der Waals surface area contributed by atoms with E-state index in [2.05, 4.69) is 10.5 Å². The number of nitrogens with one attached hydrogen (secondary N) is 1. The number of hydrogen-bond donors (Lipinski definition) is 3. The number of rotatable bonds is 6. The van der Waals surface area contributed by atoms with E-state index in [-0.39, 0.29) is 17.4 Å². The van der Waals surface area contributed by atoms with Crippen molar-refractivity contribution in [3.05, 3.63) is 29.5 Å². The molecule has 20 heavy (non-hydrogen) atoms. The maximum atomic E-state index is 11.7. The molecule has 7 heteroatoms. The molecule has 0 aliphatic heterocycles. The third-order valence-electron chi connectivity index (χ3n) is 2.85. The van der Waals surface area contributed by atoms with E-state index in [0.717, 1.165) is 6.42 Å². The predicted octanol–water partition coefficient (Wildman–Crippen LogP) is 1.08. The van der Waals surface area contributed by atoms with Gasteiger partial charge in [-0.05, 0) is 19.4 Å². The van der Waals surface area contributed by atoms with Crippen LogP contribution in [0, 0.1) is 5.21 Å². The topological polar surface area (TPSA) is 108 Å². The van der Waals surface area contributed by atoms with Crippen molar-refractivity contribution in [2.45, 2.75) is 44.8 Å². The number of hydroxylamine groups is 2. The summed E-state index contributed by atoms with van der Waals surface area (Å²) in [7, 11) is 0. The quantitative estimate of drug-likeness (QED) is 0.632. The molecule has 0 saturated carbocycles. The highest BCUT2D eigenvalue weighted by atomic mass is 16.8. The lowest BCUT2D eigenvalue weighted by atomic mass is 9.96. The van der Waals surface area contributed by atoms with Crippen molar-refractivity contribution in [1.82, 2.24) is 10.7 Å². The molecule has 2 unspecified atom stereocenters. The van der Waals surface area contributed by atoms with E-state index < -0.39 is 17.6 Å². The minimum atomic E-state index is -1.08. The van der Waals surface area contributed by atoms with Gasteiger partial charge in [0.05, 0.1) is 23.8 Å². The van der Waals surface area contributed by atoms with Crippen molar-refractivity contribution < 1.29 is 15.1 Å². The molecule has 0 radical (unpaired) electrons. The van der Waals surface area contributed by atoms with Crippen molar-refractivity contribution in [1.29, 1.82) is 0 Å². The van der Waals surface area contributed by atoms with Crippen molar-refractivity contribution >= 4 is 11.6 Å². The highest BCUT2D eigenvalue weighted by molar-refractivity contribution is 6.02. The van der Waals surface area contributed by atoms with Crippen LogP contribution in [0.2, 0.25) is 0 Å². The van der Waals surface area contributed by atoms with Crippen LogP contribution < -0.4 is 5.43 Å². The number of hydrogen-bond acceptors (Lipinski definition) is 6. The van der Waals surface area contributed by atoms with Crippen LogP contribution >= 0.6 is 0 Å². The zero-order valence-electron chi connectivity index (χ0n) is 11.6. The number of amides is 1. The Hall–Kier alpha value is -1.54. The van der Waals surface area contributed by atoms with Crippen LogP contribution in [0.25, 0.3) is 0 Å². The van der Waals surface area contributed by atoms with Crippen LogP contribution in [0.4, 0.5) is 0 Å². The molecule has 0 saturated heterocycles. The van der Waals surface area contributed by atoms with E-state index >= 15 is 0 Å². The summed E-state index contributed by atoms with van der Waals surface area (Å²) in [6.07, 6.45) is 7.38. The molecule has 0 aromatic heterocycles. The monoisotopic (exact) mass is 282 g/mol. The highest BCUT2D eigenvalue weighted by Crippen LogP contribution is 2.16. The van der Waals surface area contributed by atoms with Crippen molar-refractivity contribution in [3.8, 4) is 0 Å². The lowest BCUT2D eigenvalue weighted by Gasteiger charge is -2.29. The van der Waals surface area contributed by atoms with Gasteiger partial charge < -0.3 is 15.5 Å². The normalized spacial score (nSPS) is 23.1. The molecule has 0 spiro atoms. The summed E-state index contributed by atoms with van der Waals surface area (Å²) in [5, 5.41) is 33.3. The fourth-order valence-corrected chi connectivity index (χ4v) is 1.95. The fourth-order valence-electron chi connectivity index (χ4n) is 1.95. The molecule has 0 aromatic carbocycles. The van der Waals surface area contributed by atoms with Gasteiger partial charge in [-0.25, -0.2) is 5.43 Å². The Kier molecular flexibility index (Phi) is 6.03. The number of allylic oxidation sites excluding steroid dienone is 2. The highest BCUT2D eigenvalue weighted by Gasteiger charge is 2.23. The molecule has 2 atom stereocenters. The Balaban J connectivity index is 2.60. The summed E-state index contributed by atoms with van der Waals surface area (Å²) in [4.78, 5) is 11.7. The smallest absolute Gasteiger partial charge is 0.242 e. The zero-order chi connectivity index (χ0) is 15.2. The van der Waals surface area contributed by atoms with Gasteiger partial charge in [0.15, 0.2) is 0 Å². The van der Waals surface area contributed by atoms with Gasteiger partial charge in [-0.1, -0.05) is 31.6 Å². The third-order valence-corrected chi connectivity index (χ3v) is 2.85. The number of aliphatic hydroxyl groups is 1. The summed E-state index contributed by atoms with van der Waals surface area (Å²) in [5.74, 6) is -0.451. The Labute approximate surface area is 117 Å². The van der Waals surface area contributed by atoms with E-state index in [1.54, 1.807) is 19.1 Å². The molecule has 1 aliphatic carbocycles. The van der Waals surface area contributed by atoms with Gasteiger partial charge in [-0.15, -0.1) is 0 Å². The van der Waals surface area contributed by atoms with Gasteiger partial charge in [0.2, 0.25) is 5.91 Å². The van der Waals surface area contributed by atoms with E-state index in [1.165, 1.54) is 12.2 Å². The van der Waals surface area contributed by atoms with Crippen molar-refractivity contribution in [2.24, 2.45) is 5.10 Å². The Morgan fingerprint density at radius 1 is 1.60 bits per heavy atom. The SMILES string of the molecule is CCCC(C)(O)CC(=O)N/N=C1/C=CC=CC1N([O-])O. The van der Waals surface area contributed by atoms with Gasteiger partial charge in [-0.2, -0.15) is 5.10 Å². The molecule has 0 fully saturated rings. The Morgan fingerprint density at radius 2 is 2.30 bits per heavy atom. The largest absolute Gasteiger partial charge is 0.761 e. The standard InChI is InChI=1S/C13H20N3O4/c1-3-8-13(2,18)9-12(17)15-14-10-6-4-5-7-11(10)16(19)20/h4-7,11,18-19H,3,8-9H2,1-2H3,(H,15,17)/q-1/b14-10-. The molecule has 1 aliphatic rings. The third kappa shape index (κ3) is 5.22. The molecule has 7 nitrogen and oxygen atoms in total. The summed E-state index contributed by atoms with van der Waals surface area (Å²) in [6.45, 7) is 3.50. The summed E-state index contributed by atoms with van der Waals surface area (Å²) < 4.78 is 0. The van der Waals surface area contributed by atoms with Crippen LogP contribution in [0.15, 0.2) is 29.4 Å². The van der Waals surface area contributed by atoms with Crippen LogP contribution in [-0.4, -0.2) is 38.8 Å². The van der Waals surface area contributed by atoms with Gasteiger partial charge in [-0.3, -0.25) is 10.0 Å². The van der Waals surface area contributed by atoms with Gasteiger partial charge >= 0.3 is 0 Å². The molecule has 3 N–H and O–H groups in total. The fraction of sp³-hybridized carbons (Fsp3) is 0.538. The van der Waals surface area contributed by atoms with Crippen LogP contribution in [0.1, 0.15) is 33.1 Å². The minimum Gasteiger partial charge on any atom is -0.761 e. The Morgan fingerprint density at radius 3 is 2.90 bits per heavy atom. The Bertz CT molecular complexity index is 427. The van der Waals surface area contributed by atoms with Gasteiger partial charge in [0, 0.05) is 0 Å². The van der Waals surface area contributed by atoms with E-state index in [0.29, 0.717) is 6.42 Å². The molecular weight excluding hydrogens is 262 g/mol. The second-order valence-electron chi connectivity index (χ2n) is 4.99. The van der Waals surface area contributed by atoms with Gasteiger partial charge in [0.25, 0.3) is 0 Å². The maximum Gasteiger partial charge on any atom is 0.242 e. The van der Waals surface area contributed by atoms with Crippen molar-refractivity contribution in [3.63, 3.8) is 0 Å². The molecular formula is C13H20N3O4-. The molecule has 0 aromatic rings. The molecule has 1 amide bonds. The average Bonchev–Trinajstić information content (AvgIpc) is 2.35. The molecule has 112 valence electrons. The first-order chi connectivity index (χ1) is 9.35. The van der Waals surface area contributed by atoms with E-state index in [9.17, 15) is 15.1 Å². The minimum absolute atomic E-state index is 0.0813. The average molecular weight is 282 g/mol. The number of carbonyl (C=O) groups is 1. The molecule has 0 heterocycles. The van der Waals surface area contributed by atoms with E-state index in [4.69, 9.17) is 5.21 Å². The van der Waals surface area contributed by atoms with Gasteiger partial charge in [0.1, 0.15) is 0 Å². The second kappa shape index (κ2) is 7.30. The van der Waals surface area contributed by atoms with E-state index in [1.807, 2.05) is 6.92 Å². The predicted molar refractivity (Wildman–Crippen MR) is 74.8 cm³/mol. The number of hydrazone groups is 1. The number of nitrogens with zero attached hydrogens (tertiary/aromatic N) is 2. The summed E-state index contributed by atoms with van der Waals surface area (Å²) in [6, 6.07) is -0.948. The zero-order valence-corrected chi connectivity index (χ0v) is 11.6. The lowest BCUT2D eigenvalue weighted by molar-refractivity contribution is -0.125. The number of carbonyl (C=O) groups excluding carboxylic acids is 1. The summed E-state index contributed by atoms with van der Waals surface area (Å²) in [5.41, 5.74) is 1.41. The second-order valence-corrected chi connectivity index (χ2v) is 4.99. The first-order valence-corrected chi connectivity index (χ1v) is 6.44. The summed E-state index contributed by atoms with van der Waals surface area (Å²) >= 11 is 0. The van der Waals surface area contributed by atoms with Crippen LogP contribution in [0.5, 0.6) is 0 Å². The first kappa shape index (κ1) is 16.5. The molecule has 1 rings (SSSR count). The maximum absolute atomic E-state index is 11.7. The first-order valence-electron chi connectivity index (χ1n) is 6.44.